The maximum Gasteiger partial charge on any atom is 0.244 e. The van der Waals surface area contributed by atoms with Crippen molar-refractivity contribution in [3.63, 3.8) is 0 Å². The Balaban J connectivity index is 1.65. The summed E-state index contributed by atoms with van der Waals surface area (Å²) in [7, 11) is 0. The molecule has 1 aliphatic rings. The maximum atomic E-state index is 12.1. The molecule has 0 aliphatic carbocycles. The fourth-order valence-electron chi connectivity index (χ4n) is 2.45. The second-order valence-corrected chi connectivity index (χ2v) is 5.90. The van der Waals surface area contributed by atoms with Gasteiger partial charge in [0.15, 0.2) is 11.5 Å². The van der Waals surface area contributed by atoms with Gasteiger partial charge in [0, 0.05) is 11.1 Å². The fourth-order valence-corrected chi connectivity index (χ4v) is 2.65. The van der Waals surface area contributed by atoms with Gasteiger partial charge in [0.05, 0.1) is 6.04 Å². The molecule has 0 fully saturated rings. The van der Waals surface area contributed by atoms with E-state index in [1.54, 1.807) is 12.1 Å². The molecule has 3 rings (SSSR count). The van der Waals surface area contributed by atoms with Crippen molar-refractivity contribution in [1.29, 1.82) is 0 Å². The summed E-state index contributed by atoms with van der Waals surface area (Å²) in [5.74, 6) is 1.27. The molecule has 0 saturated carbocycles. The van der Waals surface area contributed by atoms with Crippen LogP contribution in [0.2, 0.25) is 5.02 Å². The molecule has 4 nitrogen and oxygen atoms in total. The molecule has 1 N–H and O–H groups in total. The number of rotatable bonds is 4. The number of nitrogens with one attached hydrogen (secondary N) is 1. The Kier molecular flexibility index (Phi) is 5.06. The van der Waals surface area contributed by atoms with Crippen molar-refractivity contribution >= 4 is 23.6 Å². The Bertz CT molecular complexity index is 773. The normalized spacial score (nSPS) is 14.4. The van der Waals surface area contributed by atoms with Crippen molar-refractivity contribution in [2.75, 3.05) is 13.2 Å². The molecule has 1 atom stereocenters. The van der Waals surface area contributed by atoms with Crippen LogP contribution in [0.3, 0.4) is 0 Å². The number of ether oxygens (including phenoxy) is 2. The molecule has 1 aliphatic heterocycles. The van der Waals surface area contributed by atoms with Crippen LogP contribution >= 0.6 is 11.6 Å². The van der Waals surface area contributed by atoms with Crippen LogP contribution in [0.1, 0.15) is 24.1 Å². The molecule has 2 aromatic rings. The molecule has 0 unspecified atom stereocenters. The van der Waals surface area contributed by atoms with Crippen LogP contribution in [0.15, 0.2) is 48.5 Å². The summed E-state index contributed by atoms with van der Waals surface area (Å²) in [5.41, 5.74) is 1.76. The van der Waals surface area contributed by atoms with Crippen molar-refractivity contribution in [3.8, 4) is 11.5 Å². The second kappa shape index (κ2) is 7.41. The predicted octanol–water partition coefficient (Wildman–Crippen LogP) is 4.00. The number of hydrogen-bond donors (Lipinski definition) is 1. The highest BCUT2D eigenvalue weighted by molar-refractivity contribution is 6.32. The minimum atomic E-state index is -0.183. The van der Waals surface area contributed by atoms with Gasteiger partial charge in [-0.15, -0.1) is 0 Å². The molecule has 1 heterocycles. The van der Waals surface area contributed by atoms with E-state index >= 15 is 0 Å². The zero-order valence-electron chi connectivity index (χ0n) is 13.3. The van der Waals surface area contributed by atoms with Crippen molar-refractivity contribution in [3.05, 3.63) is 64.7 Å². The number of carbonyl (C=O) groups is 1. The molecule has 0 radical (unpaired) electrons. The average molecular weight is 344 g/mol. The summed E-state index contributed by atoms with van der Waals surface area (Å²) in [5, 5.41) is 3.54. The van der Waals surface area contributed by atoms with Crippen molar-refractivity contribution < 1.29 is 14.3 Å². The lowest BCUT2D eigenvalue weighted by atomic mass is 10.1. The van der Waals surface area contributed by atoms with Crippen LogP contribution in [0, 0.1) is 0 Å². The number of halogens is 1. The Morgan fingerprint density at radius 3 is 2.71 bits per heavy atom. The van der Waals surface area contributed by atoms with E-state index in [1.807, 2.05) is 43.3 Å². The first kappa shape index (κ1) is 16.4. The predicted molar refractivity (Wildman–Crippen MR) is 94.5 cm³/mol. The van der Waals surface area contributed by atoms with E-state index in [0.29, 0.717) is 24.0 Å². The van der Waals surface area contributed by atoms with Crippen LogP contribution in [-0.2, 0) is 4.79 Å². The van der Waals surface area contributed by atoms with Gasteiger partial charge in [-0.2, -0.15) is 0 Å². The van der Waals surface area contributed by atoms with Gasteiger partial charge in [-0.3, -0.25) is 4.79 Å². The molecule has 1 amide bonds. The van der Waals surface area contributed by atoms with Crippen molar-refractivity contribution in [2.45, 2.75) is 13.0 Å². The Labute approximate surface area is 146 Å². The van der Waals surface area contributed by atoms with E-state index in [9.17, 15) is 4.79 Å². The zero-order valence-corrected chi connectivity index (χ0v) is 14.0. The lowest BCUT2D eigenvalue weighted by molar-refractivity contribution is -0.117. The number of hydrogen-bond acceptors (Lipinski definition) is 3. The van der Waals surface area contributed by atoms with E-state index in [0.717, 1.165) is 16.9 Å². The standard InChI is InChI=1S/C19H18ClNO3/c1-13(15-6-8-17-18(12-15)24-11-10-23-17)21-19(22)9-7-14-4-2-3-5-16(14)20/h2-9,12-13H,10-11H2,1H3,(H,21,22)/b9-7+/t13-/m1/s1. The number of carbonyl (C=O) groups excluding carboxylic acids is 1. The first-order chi connectivity index (χ1) is 11.6. The van der Waals surface area contributed by atoms with Gasteiger partial charge in [-0.1, -0.05) is 35.9 Å². The van der Waals surface area contributed by atoms with E-state index in [1.165, 1.54) is 6.08 Å². The van der Waals surface area contributed by atoms with Crippen LogP contribution in [0.5, 0.6) is 11.5 Å². The number of benzene rings is 2. The van der Waals surface area contributed by atoms with Crippen LogP contribution < -0.4 is 14.8 Å². The van der Waals surface area contributed by atoms with Gasteiger partial charge >= 0.3 is 0 Å². The first-order valence-corrected chi connectivity index (χ1v) is 8.14. The monoisotopic (exact) mass is 343 g/mol. The SMILES string of the molecule is C[C@@H](NC(=O)/C=C/c1ccccc1Cl)c1ccc2c(c1)OCCO2. The molecule has 24 heavy (non-hydrogen) atoms. The van der Waals surface area contributed by atoms with Crippen molar-refractivity contribution in [2.24, 2.45) is 0 Å². The molecule has 2 aromatic carbocycles. The second-order valence-electron chi connectivity index (χ2n) is 5.49. The van der Waals surface area contributed by atoms with Gasteiger partial charge in [0.1, 0.15) is 13.2 Å². The zero-order chi connectivity index (χ0) is 16.9. The highest BCUT2D eigenvalue weighted by Crippen LogP contribution is 2.32. The maximum absolute atomic E-state index is 12.1. The summed E-state index contributed by atoms with van der Waals surface area (Å²) in [6, 6.07) is 12.9. The molecule has 0 aromatic heterocycles. The molecule has 5 heteroatoms. The summed E-state index contributed by atoms with van der Waals surface area (Å²) < 4.78 is 11.1. The van der Waals surface area contributed by atoms with Gasteiger partial charge in [0.2, 0.25) is 5.91 Å². The fraction of sp³-hybridized carbons (Fsp3) is 0.211. The Morgan fingerprint density at radius 2 is 1.92 bits per heavy atom. The molecular formula is C19H18ClNO3. The summed E-state index contributed by atoms with van der Waals surface area (Å²) >= 11 is 6.07. The topological polar surface area (TPSA) is 47.6 Å². The molecule has 0 bridgehead atoms. The van der Waals surface area contributed by atoms with E-state index in [2.05, 4.69) is 5.32 Å². The van der Waals surface area contributed by atoms with E-state index in [4.69, 9.17) is 21.1 Å². The van der Waals surface area contributed by atoms with Crippen LogP contribution in [-0.4, -0.2) is 19.1 Å². The average Bonchev–Trinajstić information content (AvgIpc) is 2.60. The molecule has 0 spiro atoms. The van der Waals surface area contributed by atoms with Crippen LogP contribution in [0.4, 0.5) is 0 Å². The Morgan fingerprint density at radius 1 is 1.17 bits per heavy atom. The first-order valence-electron chi connectivity index (χ1n) is 7.76. The van der Waals surface area contributed by atoms with Gasteiger partial charge in [-0.25, -0.2) is 0 Å². The highest BCUT2D eigenvalue weighted by atomic mass is 35.5. The van der Waals surface area contributed by atoms with Crippen molar-refractivity contribution in [1.82, 2.24) is 5.32 Å². The number of fused-ring (bicyclic) bond motifs is 1. The molecule has 124 valence electrons. The minimum Gasteiger partial charge on any atom is -0.486 e. The quantitative estimate of drug-likeness (QED) is 0.853. The highest BCUT2D eigenvalue weighted by Gasteiger charge is 2.15. The lowest BCUT2D eigenvalue weighted by Crippen LogP contribution is -2.25. The smallest absolute Gasteiger partial charge is 0.244 e. The summed E-state index contributed by atoms with van der Waals surface area (Å²) in [6.45, 7) is 3.02. The van der Waals surface area contributed by atoms with Gasteiger partial charge in [0.25, 0.3) is 0 Å². The van der Waals surface area contributed by atoms with E-state index in [-0.39, 0.29) is 11.9 Å². The minimum absolute atomic E-state index is 0.149. The number of amides is 1. The van der Waals surface area contributed by atoms with Crippen LogP contribution in [0.25, 0.3) is 6.08 Å². The molecular weight excluding hydrogens is 326 g/mol. The lowest BCUT2D eigenvalue weighted by Gasteiger charge is -2.20. The third kappa shape index (κ3) is 3.89. The summed E-state index contributed by atoms with van der Waals surface area (Å²) in [4.78, 5) is 12.1. The van der Waals surface area contributed by atoms with E-state index < -0.39 is 0 Å². The third-order valence-electron chi connectivity index (χ3n) is 3.74. The summed E-state index contributed by atoms with van der Waals surface area (Å²) in [6.07, 6.45) is 3.18. The third-order valence-corrected chi connectivity index (χ3v) is 4.09. The van der Waals surface area contributed by atoms with Gasteiger partial charge in [-0.05, 0) is 42.3 Å². The molecule has 0 saturated heterocycles. The Hall–Kier alpha value is -2.46. The van der Waals surface area contributed by atoms with Gasteiger partial charge < -0.3 is 14.8 Å². The largest absolute Gasteiger partial charge is 0.486 e.